The third kappa shape index (κ3) is 2.90. The Bertz CT molecular complexity index is 441. The highest BCUT2D eigenvalue weighted by molar-refractivity contribution is 7.13. The third-order valence-corrected chi connectivity index (χ3v) is 4.77. The number of hydrogen-bond donors (Lipinski definition) is 1. The van der Waals surface area contributed by atoms with Crippen molar-refractivity contribution < 1.29 is 4.79 Å². The van der Waals surface area contributed by atoms with Crippen molar-refractivity contribution in [2.75, 3.05) is 32.1 Å². The maximum atomic E-state index is 11.1. The molecule has 6 heteroatoms. The lowest BCUT2D eigenvalue weighted by molar-refractivity contribution is 0.0996. The molecule has 2 N–H and O–H groups in total. The molecule has 5 nitrogen and oxygen atoms in total. The van der Waals surface area contributed by atoms with E-state index in [0.717, 1.165) is 18.2 Å². The molecule has 1 aromatic rings. The van der Waals surface area contributed by atoms with E-state index in [4.69, 9.17) is 5.73 Å². The number of aromatic nitrogens is 1. The normalized spacial score (nSPS) is 23.6. The monoisotopic (exact) mass is 282 g/mol. The number of hydrogen-bond acceptors (Lipinski definition) is 5. The molecule has 2 unspecified atom stereocenters. The Labute approximate surface area is 118 Å². The van der Waals surface area contributed by atoms with Crippen LogP contribution in [0.2, 0.25) is 0 Å². The van der Waals surface area contributed by atoms with Gasteiger partial charge in [-0.15, -0.1) is 11.3 Å². The molecule has 106 valence electrons. The smallest absolute Gasteiger partial charge is 0.268 e. The summed E-state index contributed by atoms with van der Waals surface area (Å²) in [4.78, 5) is 20.0. The fraction of sp³-hybridized carbons (Fsp3) is 0.692. The van der Waals surface area contributed by atoms with Crippen LogP contribution in [0.15, 0.2) is 5.38 Å². The number of thiazole rings is 1. The van der Waals surface area contributed by atoms with Gasteiger partial charge in [-0.3, -0.25) is 4.79 Å². The molecule has 0 radical (unpaired) electrons. The molecule has 0 saturated carbocycles. The van der Waals surface area contributed by atoms with Crippen LogP contribution >= 0.6 is 11.3 Å². The minimum atomic E-state index is -0.453. The van der Waals surface area contributed by atoms with Gasteiger partial charge in [-0.05, 0) is 25.9 Å². The van der Waals surface area contributed by atoms with Gasteiger partial charge >= 0.3 is 0 Å². The number of rotatable bonds is 4. The predicted molar refractivity (Wildman–Crippen MR) is 78.6 cm³/mol. The summed E-state index contributed by atoms with van der Waals surface area (Å²) in [7, 11) is 4.25. The molecule has 1 aromatic heterocycles. The molecule has 0 spiro atoms. The molecule has 1 saturated heterocycles. The van der Waals surface area contributed by atoms with Gasteiger partial charge in [-0.1, -0.05) is 13.8 Å². The number of likely N-dealkylation sites (N-methyl/N-ethyl adjacent to an activating group) is 1. The summed E-state index contributed by atoms with van der Waals surface area (Å²) in [5, 5.41) is 2.65. The standard InChI is InChI=1S/C13H22N4OS/c1-8(2)9-5-17(6-11(9)16(3)4)13-15-10(7-19-13)12(14)18/h7-9,11H,5-6H2,1-4H3,(H2,14,18). The summed E-state index contributed by atoms with van der Waals surface area (Å²) >= 11 is 1.50. The highest BCUT2D eigenvalue weighted by Crippen LogP contribution is 2.32. The second kappa shape index (κ2) is 5.46. The Morgan fingerprint density at radius 1 is 1.53 bits per heavy atom. The minimum absolute atomic E-state index is 0.370. The van der Waals surface area contributed by atoms with E-state index >= 15 is 0 Å². The summed E-state index contributed by atoms with van der Waals surface area (Å²) in [5.41, 5.74) is 5.63. The summed E-state index contributed by atoms with van der Waals surface area (Å²) in [6.07, 6.45) is 0. The minimum Gasteiger partial charge on any atom is -0.364 e. The molecule has 0 aromatic carbocycles. The first-order valence-corrected chi connectivity index (χ1v) is 7.44. The third-order valence-electron chi connectivity index (χ3n) is 3.87. The van der Waals surface area contributed by atoms with Crippen molar-refractivity contribution in [2.24, 2.45) is 17.6 Å². The van der Waals surface area contributed by atoms with E-state index in [0.29, 0.717) is 23.6 Å². The van der Waals surface area contributed by atoms with Gasteiger partial charge < -0.3 is 15.5 Å². The predicted octanol–water partition coefficient (Wildman–Crippen LogP) is 1.26. The van der Waals surface area contributed by atoms with E-state index in [9.17, 15) is 4.79 Å². The average molecular weight is 282 g/mol. The summed E-state index contributed by atoms with van der Waals surface area (Å²) in [6.45, 7) is 6.48. The molecule has 1 aliphatic rings. The fourth-order valence-electron chi connectivity index (χ4n) is 2.69. The van der Waals surface area contributed by atoms with Crippen molar-refractivity contribution in [1.82, 2.24) is 9.88 Å². The van der Waals surface area contributed by atoms with Gasteiger partial charge in [0.2, 0.25) is 0 Å². The van der Waals surface area contributed by atoms with Crippen LogP contribution < -0.4 is 10.6 Å². The van der Waals surface area contributed by atoms with Gasteiger partial charge in [0, 0.05) is 24.5 Å². The molecule has 2 atom stereocenters. The van der Waals surface area contributed by atoms with Crippen molar-refractivity contribution in [3.8, 4) is 0 Å². The number of amides is 1. The van der Waals surface area contributed by atoms with Crippen molar-refractivity contribution in [2.45, 2.75) is 19.9 Å². The van der Waals surface area contributed by atoms with Crippen molar-refractivity contribution in [3.63, 3.8) is 0 Å². The number of nitrogens with zero attached hydrogens (tertiary/aromatic N) is 3. The van der Waals surface area contributed by atoms with E-state index in [1.807, 2.05) is 0 Å². The Morgan fingerprint density at radius 2 is 2.21 bits per heavy atom. The molecule has 0 bridgehead atoms. The maximum absolute atomic E-state index is 11.1. The molecule has 1 aliphatic heterocycles. The van der Waals surface area contributed by atoms with E-state index < -0.39 is 5.91 Å². The number of carbonyl (C=O) groups excluding carboxylic acids is 1. The molecule has 1 fully saturated rings. The van der Waals surface area contributed by atoms with E-state index in [2.05, 4.69) is 42.7 Å². The van der Waals surface area contributed by atoms with Gasteiger partial charge in [-0.2, -0.15) is 0 Å². The van der Waals surface area contributed by atoms with Gasteiger partial charge in [0.05, 0.1) is 0 Å². The average Bonchev–Trinajstić information content (AvgIpc) is 2.95. The van der Waals surface area contributed by atoms with Crippen molar-refractivity contribution in [1.29, 1.82) is 0 Å². The topological polar surface area (TPSA) is 62.5 Å². The van der Waals surface area contributed by atoms with Crippen LogP contribution in [0.3, 0.4) is 0 Å². The quantitative estimate of drug-likeness (QED) is 0.903. The van der Waals surface area contributed by atoms with E-state index in [-0.39, 0.29) is 0 Å². The molecule has 1 amide bonds. The number of nitrogens with two attached hydrogens (primary N) is 1. The highest BCUT2D eigenvalue weighted by atomic mass is 32.1. The summed E-state index contributed by atoms with van der Waals surface area (Å²) in [6, 6.07) is 0.529. The molecule has 2 heterocycles. The molecule has 2 rings (SSSR count). The van der Waals surface area contributed by atoms with E-state index in [1.165, 1.54) is 11.3 Å². The van der Waals surface area contributed by atoms with Gasteiger partial charge in [0.25, 0.3) is 5.91 Å². The number of primary amides is 1. The fourth-order valence-corrected chi connectivity index (χ4v) is 3.53. The first-order chi connectivity index (χ1) is 8.90. The maximum Gasteiger partial charge on any atom is 0.268 e. The second-order valence-corrected chi connectivity index (χ2v) is 6.56. The zero-order chi connectivity index (χ0) is 14.2. The van der Waals surface area contributed by atoms with E-state index in [1.54, 1.807) is 5.38 Å². The zero-order valence-corrected chi connectivity index (χ0v) is 12.8. The van der Waals surface area contributed by atoms with Crippen LogP contribution in [-0.2, 0) is 0 Å². The van der Waals surface area contributed by atoms with Gasteiger partial charge in [-0.25, -0.2) is 4.98 Å². The van der Waals surface area contributed by atoms with Crippen LogP contribution in [-0.4, -0.2) is 49.0 Å². The molecule has 0 aliphatic carbocycles. The van der Waals surface area contributed by atoms with Crippen LogP contribution in [0.5, 0.6) is 0 Å². The first-order valence-electron chi connectivity index (χ1n) is 6.57. The molecule has 19 heavy (non-hydrogen) atoms. The van der Waals surface area contributed by atoms with Crippen molar-refractivity contribution >= 4 is 22.4 Å². The lowest BCUT2D eigenvalue weighted by Gasteiger charge is -2.27. The second-order valence-electron chi connectivity index (χ2n) is 5.72. The van der Waals surface area contributed by atoms with Crippen molar-refractivity contribution in [3.05, 3.63) is 11.1 Å². The Kier molecular flexibility index (Phi) is 4.10. The SMILES string of the molecule is CC(C)C1CN(c2nc(C(N)=O)cs2)CC1N(C)C. The Morgan fingerprint density at radius 3 is 2.63 bits per heavy atom. The van der Waals surface area contributed by atoms with Crippen LogP contribution in [0.25, 0.3) is 0 Å². The summed E-state index contributed by atoms with van der Waals surface area (Å²) < 4.78 is 0. The Hall–Kier alpha value is -1.14. The Balaban J connectivity index is 2.16. The lowest BCUT2D eigenvalue weighted by atomic mass is 9.91. The largest absolute Gasteiger partial charge is 0.364 e. The van der Waals surface area contributed by atoms with Crippen LogP contribution in [0.1, 0.15) is 24.3 Å². The van der Waals surface area contributed by atoms with Gasteiger partial charge in [0.15, 0.2) is 5.13 Å². The highest BCUT2D eigenvalue weighted by Gasteiger charge is 2.37. The van der Waals surface area contributed by atoms with Crippen LogP contribution in [0.4, 0.5) is 5.13 Å². The number of carbonyl (C=O) groups is 1. The first kappa shape index (κ1) is 14.3. The summed E-state index contributed by atoms with van der Waals surface area (Å²) in [5.74, 6) is 0.801. The zero-order valence-electron chi connectivity index (χ0n) is 12.0. The molecular weight excluding hydrogens is 260 g/mol. The number of anilines is 1. The van der Waals surface area contributed by atoms with Gasteiger partial charge in [0.1, 0.15) is 5.69 Å². The van der Waals surface area contributed by atoms with Crippen LogP contribution in [0, 0.1) is 11.8 Å². The molecular formula is C13H22N4OS. The lowest BCUT2D eigenvalue weighted by Crippen LogP contribution is -2.37.